The second-order valence-corrected chi connectivity index (χ2v) is 13.6. The minimum atomic E-state index is -1.58. The zero-order chi connectivity index (χ0) is 23.4. The molecule has 2 aromatic rings. The molecule has 0 saturated carbocycles. The third-order valence-corrected chi connectivity index (χ3v) is 11.7. The maximum absolute atomic E-state index is 12.0. The number of primary amides is 1. The van der Waals surface area contributed by atoms with Crippen LogP contribution in [0.2, 0.25) is 10.4 Å². The Kier molecular flexibility index (Phi) is 7.50. The van der Waals surface area contributed by atoms with Crippen LogP contribution in [0.25, 0.3) is 0 Å². The Labute approximate surface area is 199 Å². The van der Waals surface area contributed by atoms with E-state index in [1.807, 2.05) is 17.0 Å². The van der Waals surface area contributed by atoms with Crippen LogP contribution in [0.15, 0.2) is 30.5 Å². The van der Waals surface area contributed by atoms with E-state index in [0.717, 1.165) is 68.0 Å². The number of anilines is 3. The Morgan fingerprint density at radius 1 is 1.18 bits per heavy atom. The van der Waals surface area contributed by atoms with Crippen molar-refractivity contribution in [2.75, 3.05) is 49.5 Å². The first-order chi connectivity index (χ1) is 15.9. The van der Waals surface area contributed by atoms with Gasteiger partial charge in [0.25, 0.3) is 0 Å². The van der Waals surface area contributed by atoms with Crippen LogP contribution in [0.5, 0.6) is 0 Å². The Balaban J connectivity index is 1.46. The SMILES string of the molecule is CC(=O)N1CCN(c2ccc(Nc3ncc(C(N)=O)c([As](C)C4CCCNC4)n3)cc2)CC1. The summed E-state index contributed by atoms with van der Waals surface area (Å²) >= 11 is -1.58. The third kappa shape index (κ3) is 5.65. The van der Waals surface area contributed by atoms with Crippen LogP contribution in [0, 0.1) is 0 Å². The molecule has 33 heavy (non-hydrogen) atoms. The molecule has 2 aliphatic rings. The standard InChI is InChI=1S/C23H32AsN7O2/c1-16(32)30-10-12-31(13-11-30)19-7-5-18(6-8-19)28-23-27-15-20(22(25)33)21(29-23)24(2)17-4-3-9-26-14-17/h5-8,15,17,26H,3-4,9-14H2,1-2H3,(H2,25,33)(H,27,28,29). The van der Waals surface area contributed by atoms with Crippen LogP contribution < -0.4 is 25.7 Å². The van der Waals surface area contributed by atoms with Crippen molar-refractivity contribution in [3.8, 4) is 0 Å². The summed E-state index contributed by atoms with van der Waals surface area (Å²) in [6.07, 6.45) is 3.88. The number of rotatable bonds is 6. The average Bonchev–Trinajstić information content (AvgIpc) is 2.84. The number of nitrogens with two attached hydrogens (primary N) is 1. The van der Waals surface area contributed by atoms with Crippen molar-refractivity contribution in [1.29, 1.82) is 0 Å². The molecule has 0 spiro atoms. The van der Waals surface area contributed by atoms with Gasteiger partial charge in [-0.25, -0.2) is 0 Å². The van der Waals surface area contributed by atoms with Gasteiger partial charge in [-0.15, -0.1) is 0 Å². The van der Waals surface area contributed by atoms with E-state index in [-0.39, 0.29) is 5.91 Å². The summed E-state index contributed by atoms with van der Waals surface area (Å²) in [6.45, 7) is 6.80. The zero-order valence-electron chi connectivity index (χ0n) is 19.3. The van der Waals surface area contributed by atoms with Gasteiger partial charge in [-0.2, -0.15) is 0 Å². The van der Waals surface area contributed by atoms with Crippen molar-refractivity contribution in [2.24, 2.45) is 5.73 Å². The molecule has 0 bridgehead atoms. The third-order valence-electron chi connectivity index (χ3n) is 6.40. The Hall–Kier alpha value is -2.64. The summed E-state index contributed by atoms with van der Waals surface area (Å²) in [6, 6.07) is 8.14. The molecular weight excluding hydrogens is 481 g/mol. The summed E-state index contributed by atoms with van der Waals surface area (Å²) in [4.78, 5) is 36.9. The summed E-state index contributed by atoms with van der Waals surface area (Å²) < 4.78 is 1.40. The molecule has 1 aromatic carbocycles. The van der Waals surface area contributed by atoms with Crippen molar-refractivity contribution >= 4 is 48.3 Å². The molecule has 0 radical (unpaired) electrons. The van der Waals surface area contributed by atoms with Crippen molar-refractivity contribution in [3.63, 3.8) is 0 Å². The average molecular weight is 513 g/mol. The number of nitrogens with zero attached hydrogens (tertiary/aromatic N) is 4. The van der Waals surface area contributed by atoms with E-state index in [0.29, 0.717) is 16.2 Å². The van der Waals surface area contributed by atoms with Crippen LogP contribution in [-0.2, 0) is 4.79 Å². The fraction of sp³-hybridized carbons (Fsp3) is 0.478. The predicted molar refractivity (Wildman–Crippen MR) is 132 cm³/mol. The summed E-state index contributed by atoms with van der Waals surface area (Å²) in [5, 5.41) is 6.75. The summed E-state index contributed by atoms with van der Waals surface area (Å²) in [5.41, 5.74) is 10.4. The van der Waals surface area contributed by atoms with Crippen molar-refractivity contribution in [2.45, 2.75) is 30.2 Å². The molecule has 10 heteroatoms. The molecule has 2 fully saturated rings. The van der Waals surface area contributed by atoms with Gasteiger partial charge in [0.1, 0.15) is 0 Å². The van der Waals surface area contributed by atoms with Gasteiger partial charge in [0, 0.05) is 6.92 Å². The number of hydrogen-bond donors (Lipinski definition) is 3. The number of amides is 2. The number of aromatic nitrogens is 2. The van der Waals surface area contributed by atoms with Crippen molar-refractivity contribution in [1.82, 2.24) is 20.2 Å². The number of carbonyl (C=O) groups is 2. The van der Waals surface area contributed by atoms with Gasteiger partial charge in [0.05, 0.1) is 0 Å². The Morgan fingerprint density at radius 2 is 1.91 bits per heavy atom. The van der Waals surface area contributed by atoms with Crippen LogP contribution in [-0.4, -0.2) is 80.6 Å². The minimum absolute atomic E-state index is 0.133. The van der Waals surface area contributed by atoms with Crippen LogP contribution in [0.3, 0.4) is 0 Å². The van der Waals surface area contributed by atoms with Gasteiger partial charge in [0.15, 0.2) is 0 Å². The van der Waals surface area contributed by atoms with Gasteiger partial charge >= 0.3 is 182 Å². The van der Waals surface area contributed by atoms with E-state index < -0.39 is 20.6 Å². The fourth-order valence-corrected chi connectivity index (χ4v) is 8.82. The molecule has 2 saturated heterocycles. The van der Waals surface area contributed by atoms with E-state index in [1.54, 1.807) is 13.1 Å². The number of piperazine rings is 1. The zero-order valence-corrected chi connectivity index (χ0v) is 21.1. The molecule has 1 aromatic heterocycles. The predicted octanol–water partition coefficient (Wildman–Crippen LogP) is 1.07. The van der Waals surface area contributed by atoms with E-state index in [1.165, 1.54) is 0 Å². The van der Waals surface area contributed by atoms with E-state index in [9.17, 15) is 9.59 Å². The molecule has 2 aliphatic heterocycles. The number of benzene rings is 1. The first kappa shape index (κ1) is 23.5. The van der Waals surface area contributed by atoms with Gasteiger partial charge in [-0.3, -0.25) is 4.79 Å². The van der Waals surface area contributed by atoms with E-state index in [4.69, 9.17) is 10.7 Å². The number of carbonyl (C=O) groups excluding carboxylic acids is 2. The molecule has 4 N–H and O–H groups in total. The van der Waals surface area contributed by atoms with Gasteiger partial charge in [-0.05, 0) is 0 Å². The molecule has 9 nitrogen and oxygen atoms in total. The van der Waals surface area contributed by atoms with Gasteiger partial charge < -0.3 is 0 Å². The van der Waals surface area contributed by atoms with E-state index >= 15 is 0 Å². The number of nitrogens with one attached hydrogen (secondary N) is 2. The monoisotopic (exact) mass is 513 g/mol. The molecule has 2 amide bonds. The van der Waals surface area contributed by atoms with Gasteiger partial charge in [0.2, 0.25) is 5.91 Å². The first-order valence-electron chi connectivity index (χ1n) is 11.4. The maximum atomic E-state index is 12.0. The first-order valence-corrected chi connectivity index (χ1v) is 15.3. The Bertz CT molecular complexity index is 987. The quantitative estimate of drug-likeness (QED) is 0.495. The summed E-state index contributed by atoms with van der Waals surface area (Å²) in [7, 11) is 0. The van der Waals surface area contributed by atoms with Crippen LogP contribution >= 0.6 is 0 Å². The van der Waals surface area contributed by atoms with Gasteiger partial charge in [-0.1, -0.05) is 0 Å². The normalized spacial score (nSPS) is 19.8. The van der Waals surface area contributed by atoms with Crippen molar-refractivity contribution < 1.29 is 9.59 Å². The van der Waals surface area contributed by atoms with E-state index in [2.05, 4.69) is 38.4 Å². The molecule has 4 rings (SSSR count). The number of piperidine rings is 1. The molecule has 2 unspecified atom stereocenters. The second kappa shape index (κ2) is 10.5. The molecule has 176 valence electrons. The summed E-state index contributed by atoms with van der Waals surface area (Å²) in [5.74, 6) is 0.159. The Morgan fingerprint density at radius 3 is 2.52 bits per heavy atom. The topological polar surface area (TPSA) is 116 Å². The fourth-order valence-electron chi connectivity index (χ4n) is 4.38. The second-order valence-electron chi connectivity index (χ2n) is 8.57. The molecule has 0 aliphatic carbocycles. The van der Waals surface area contributed by atoms with Crippen LogP contribution in [0.4, 0.5) is 17.3 Å². The molecule has 3 heterocycles. The molecule has 2 atom stereocenters. The number of hydrogen-bond acceptors (Lipinski definition) is 7. The van der Waals surface area contributed by atoms with Crippen LogP contribution in [0.1, 0.15) is 30.1 Å². The molecular formula is C23H32AsN7O2. The van der Waals surface area contributed by atoms with Crippen molar-refractivity contribution in [3.05, 3.63) is 36.0 Å².